The molecular formula is C26H26F2N8O4. The molecule has 0 unspecified atom stereocenters. The van der Waals surface area contributed by atoms with E-state index in [1.165, 1.54) is 33.7 Å². The highest BCUT2D eigenvalue weighted by atomic mass is 19.3. The molecule has 0 atom stereocenters. The highest BCUT2D eigenvalue weighted by Crippen LogP contribution is 2.42. The third-order valence-electron chi connectivity index (χ3n) is 6.77. The second kappa shape index (κ2) is 10.8. The Morgan fingerprint density at radius 3 is 2.88 bits per heavy atom. The zero-order valence-electron chi connectivity index (χ0n) is 21.3. The van der Waals surface area contributed by atoms with Gasteiger partial charge in [-0.25, -0.2) is 9.50 Å². The average Bonchev–Trinajstić information content (AvgIpc) is 3.57. The maximum absolute atomic E-state index is 13.4. The van der Waals surface area contributed by atoms with E-state index in [1.807, 2.05) is 0 Å². The molecule has 208 valence electrons. The number of halogens is 2. The van der Waals surface area contributed by atoms with Crippen LogP contribution in [0.5, 0.6) is 11.5 Å². The molecule has 5 heterocycles. The van der Waals surface area contributed by atoms with Crippen molar-refractivity contribution in [2.45, 2.75) is 32.4 Å². The van der Waals surface area contributed by atoms with Crippen molar-refractivity contribution in [1.82, 2.24) is 29.3 Å². The van der Waals surface area contributed by atoms with E-state index in [-0.39, 0.29) is 40.7 Å². The molecule has 2 N–H and O–H groups in total. The fraction of sp³-hybridized carbons (Fsp3) is 0.346. The highest BCUT2D eigenvalue weighted by Gasteiger charge is 2.26. The van der Waals surface area contributed by atoms with Crippen molar-refractivity contribution in [3.05, 3.63) is 48.5 Å². The van der Waals surface area contributed by atoms with Gasteiger partial charge in [0.25, 0.3) is 5.91 Å². The maximum atomic E-state index is 13.4. The summed E-state index contributed by atoms with van der Waals surface area (Å²) in [5, 5.41) is 14.6. The van der Waals surface area contributed by atoms with E-state index in [1.54, 1.807) is 23.4 Å². The molecule has 0 bridgehead atoms. The van der Waals surface area contributed by atoms with Crippen LogP contribution >= 0.6 is 0 Å². The van der Waals surface area contributed by atoms with Crippen molar-refractivity contribution < 1.29 is 27.8 Å². The molecule has 0 saturated carbocycles. The molecular weight excluding hydrogens is 526 g/mol. The van der Waals surface area contributed by atoms with Crippen molar-refractivity contribution >= 4 is 28.8 Å². The molecule has 2 amide bonds. The number of benzene rings is 1. The number of nitrogens with one attached hydrogen (secondary N) is 2. The quantitative estimate of drug-likeness (QED) is 0.358. The SMILES string of the molecule is O=C(Nc1cn(CC(=O)N2CCCCC2)nc1-c1cc2c(cc1OC(F)F)NCCO2)c1cnn2cccnc12. The van der Waals surface area contributed by atoms with Crippen LogP contribution in [0.2, 0.25) is 0 Å². The van der Waals surface area contributed by atoms with Gasteiger partial charge in [0.05, 0.1) is 23.1 Å². The maximum Gasteiger partial charge on any atom is 0.387 e. The lowest BCUT2D eigenvalue weighted by Gasteiger charge is -2.26. The summed E-state index contributed by atoms with van der Waals surface area (Å²) in [6.45, 7) is -0.977. The van der Waals surface area contributed by atoms with E-state index in [9.17, 15) is 18.4 Å². The van der Waals surface area contributed by atoms with Gasteiger partial charge in [-0.15, -0.1) is 0 Å². The van der Waals surface area contributed by atoms with E-state index in [0.717, 1.165) is 19.3 Å². The number of likely N-dealkylation sites (tertiary alicyclic amines) is 1. The van der Waals surface area contributed by atoms with Gasteiger partial charge in [0.2, 0.25) is 5.91 Å². The zero-order valence-corrected chi connectivity index (χ0v) is 21.3. The molecule has 1 aromatic carbocycles. The average molecular weight is 553 g/mol. The molecule has 3 aromatic heterocycles. The Bertz CT molecular complexity index is 1560. The first-order valence-electron chi connectivity index (χ1n) is 12.9. The summed E-state index contributed by atoms with van der Waals surface area (Å²) in [6.07, 6.45) is 9.02. The minimum atomic E-state index is -3.10. The fourth-order valence-electron chi connectivity index (χ4n) is 4.89. The van der Waals surface area contributed by atoms with E-state index in [2.05, 4.69) is 25.8 Å². The number of aromatic nitrogens is 5. The van der Waals surface area contributed by atoms with Gasteiger partial charge < -0.3 is 25.0 Å². The van der Waals surface area contributed by atoms with Gasteiger partial charge in [-0.05, 0) is 31.4 Å². The number of rotatable bonds is 7. The molecule has 6 rings (SSSR count). The van der Waals surface area contributed by atoms with E-state index < -0.39 is 12.5 Å². The number of anilines is 2. The predicted octanol–water partition coefficient (Wildman–Crippen LogP) is 3.26. The van der Waals surface area contributed by atoms with Gasteiger partial charge in [0, 0.05) is 44.3 Å². The smallest absolute Gasteiger partial charge is 0.387 e. The second-order valence-corrected chi connectivity index (χ2v) is 9.43. The summed E-state index contributed by atoms with van der Waals surface area (Å²) in [5.74, 6) is -0.400. The number of hydrogen-bond acceptors (Lipinski definition) is 8. The first kappa shape index (κ1) is 25.5. The Morgan fingerprint density at radius 2 is 2.05 bits per heavy atom. The number of carbonyl (C=O) groups is 2. The number of alkyl halides is 2. The number of carbonyl (C=O) groups excluding carboxylic acids is 2. The highest BCUT2D eigenvalue weighted by molar-refractivity contribution is 6.09. The van der Waals surface area contributed by atoms with Crippen molar-refractivity contribution in [2.24, 2.45) is 0 Å². The number of fused-ring (bicyclic) bond motifs is 2. The van der Waals surface area contributed by atoms with Crippen LogP contribution in [-0.4, -0.2) is 73.9 Å². The van der Waals surface area contributed by atoms with Crippen LogP contribution in [0.1, 0.15) is 29.6 Å². The van der Waals surface area contributed by atoms with Gasteiger partial charge in [0.15, 0.2) is 5.65 Å². The van der Waals surface area contributed by atoms with Crippen LogP contribution in [-0.2, 0) is 11.3 Å². The van der Waals surface area contributed by atoms with Gasteiger partial charge >= 0.3 is 6.61 Å². The molecule has 0 radical (unpaired) electrons. The fourth-order valence-corrected chi connectivity index (χ4v) is 4.89. The lowest BCUT2D eigenvalue weighted by Crippen LogP contribution is -2.37. The monoisotopic (exact) mass is 552 g/mol. The van der Waals surface area contributed by atoms with E-state index >= 15 is 0 Å². The number of piperidine rings is 1. The molecule has 14 heteroatoms. The minimum Gasteiger partial charge on any atom is -0.490 e. The van der Waals surface area contributed by atoms with Gasteiger partial charge in [-0.3, -0.25) is 14.3 Å². The van der Waals surface area contributed by atoms with Crippen LogP contribution in [0.3, 0.4) is 0 Å². The van der Waals surface area contributed by atoms with Crippen LogP contribution in [0.25, 0.3) is 16.9 Å². The summed E-state index contributed by atoms with van der Waals surface area (Å²) in [7, 11) is 0. The molecule has 12 nitrogen and oxygen atoms in total. The molecule has 40 heavy (non-hydrogen) atoms. The molecule has 1 fully saturated rings. The van der Waals surface area contributed by atoms with Crippen LogP contribution in [0.15, 0.2) is 43.0 Å². The summed E-state index contributed by atoms with van der Waals surface area (Å²) in [6, 6.07) is 4.63. The van der Waals surface area contributed by atoms with Crippen molar-refractivity contribution in [3.8, 4) is 22.8 Å². The first-order chi connectivity index (χ1) is 19.5. The third kappa shape index (κ3) is 5.11. The van der Waals surface area contributed by atoms with Gasteiger partial charge in [0.1, 0.15) is 35.9 Å². The Morgan fingerprint density at radius 1 is 1.20 bits per heavy atom. The van der Waals surface area contributed by atoms with Crippen LogP contribution in [0, 0.1) is 0 Å². The Hall–Kier alpha value is -4.75. The third-order valence-corrected chi connectivity index (χ3v) is 6.77. The molecule has 4 aromatic rings. The minimum absolute atomic E-state index is 0.0881. The van der Waals surface area contributed by atoms with Crippen LogP contribution < -0.4 is 20.1 Å². The molecule has 2 aliphatic rings. The van der Waals surface area contributed by atoms with E-state index in [0.29, 0.717) is 43.3 Å². The van der Waals surface area contributed by atoms with Crippen LogP contribution in [0.4, 0.5) is 20.2 Å². The Labute approximate surface area is 226 Å². The van der Waals surface area contributed by atoms with Crippen molar-refractivity contribution in [1.29, 1.82) is 0 Å². The van der Waals surface area contributed by atoms with Crippen molar-refractivity contribution in [2.75, 3.05) is 36.9 Å². The summed E-state index contributed by atoms with van der Waals surface area (Å²) in [5.41, 5.74) is 1.52. The molecule has 0 aliphatic carbocycles. The lowest BCUT2D eigenvalue weighted by atomic mass is 10.1. The second-order valence-electron chi connectivity index (χ2n) is 9.43. The normalized spacial score (nSPS) is 14.9. The largest absolute Gasteiger partial charge is 0.490 e. The number of ether oxygens (including phenoxy) is 2. The lowest BCUT2D eigenvalue weighted by molar-refractivity contribution is -0.132. The summed E-state index contributed by atoms with van der Waals surface area (Å²) < 4.78 is 40.3. The number of amides is 2. The Kier molecular flexibility index (Phi) is 6.88. The molecule has 0 spiro atoms. The number of nitrogens with zero attached hydrogens (tertiary/aromatic N) is 6. The standard InChI is InChI=1S/C26H26F2N8O4/c27-26(28)40-20-12-18-21(39-10-6-29-18)11-16(20)23-19(14-35(33-23)15-22(37)34-7-2-1-3-8-34)32-25(38)17-13-31-36-9-4-5-30-24(17)36/h4-5,9,11-14,26,29H,1-3,6-8,10,15H2,(H,32,38). The predicted molar refractivity (Wildman–Crippen MR) is 140 cm³/mol. The first-order valence-corrected chi connectivity index (χ1v) is 12.9. The molecule has 1 saturated heterocycles. The molecule has 2 aliphatic heterocycles. The van der Waals surface area contributed by atoms with Crippen molar-refractivity contribution in [3.63, 3.8) is 0 Å². The van der Waals surface area contributed by atoms with Gasteiger partial charge in [-0.2, -0.15) is 19.0 Å². The topological polar surface area (TPSA) is 128 Å². The summed E-state index contributed by atoms with van der Waals surface area (Å²) >= 11 is 0. The number of hydrogen-bond donors (Lipinski definition) is 2. The van der Waals surface area contributed by atoms with Gasteiger partial charge in [-0.1, -0.05) is 0 Å². The Balaban J connectivity index is 1.40. The summed E-state index contributed by atoms with van der Waals surface area (Å²) in [4.78, 5) is 32.3. The van der Waals surface area contributed by atoms with E-state index in [4.69, 9.17) is 9.47 Å². The zero-order chi connectivity index (χ0) is 27.6.